The molecule has 0 saturated carbocycles. The normalized spacial score (nSPS) is 14.1. The average molecular weight is 412 g/mol. The van der Waals surface area contributed by atoms with Gasteiger partial charge in [-0.25, -0.2) is 0 Å². The monoisotopic (exact) mass is 411 g/mol. The molecule has 2 aromatic carbocycles. The summed E-state index contributed by atoms with van der Waals surface area (Å²) < 4.78 is 11.0. The summed E-state index contributed by atoms with van der Waals surface area (Å²) >= 11 is 5.89. The number of carbonyl (C=O) groups is 1. The molecule has 1 aromatic heterocycles. The molecular formula is C22H22ClN3O3. The molecule has 0 fully saturated rings. The fourth-order valence-corrected chi connectivity index (χ4v) is 3.52. The lowest BCUT2D eigenvalue weighted by atomic mass is 9.92. The van der Waals surface area contributed by atoms with Crippen LogP contribution in [0, 0.1) is 0 Å². The first kappa shape index (κ1) is 19.5. The summed E-state index contributed by atoms with van der Waals surface area (Å²) in [7, 11) is 0. The Kier molecular flexibility index (Phi) is 5.81. The topological polar surface area (TPSA) is 77.2 Å². The van der Waals surface area contributed by atoms with Crippen LogP contribution in [0.15, 0.2) is 47.0 Å². The number of amides is 1. The minimum atomic E-state index is -0.629. The molecule has 4 rings (SSSR count). The number of ether oxygens (including phenoxy) is 1. The van der Waals surface area contributed by atoms with E-state index in [-0.39, 0.29) is 12.5 Å². The molecule has 3 aromatic rings. The minimum absolute atomic E-state index is 0.136. The SMILES string of the molecule is C[C@H](Oc1ccc2c(c1)CCCC2)C(=O)NCc1nc(-c2ccc(Cl)cc2)no1. The molecule has 0 radical (unpaired) electrons. The molecule has 1 heterocycles. The number of hydrogen-bond acceptors (Lipinski definition) is 5. The van der Waals surface area contributed by atoms with Gasteiger partial charge in [-0.05, 0) is 80.1 Å². The predicted octanol–water partition coefficient (Wildman–Crippen LogP) is 4.35. The molecule has 1 atom stereocenters. The van der Waals surface area contributed by atoms with Crippen molar-refractivity contribution in [3.63, 3.8) is 0 Å². The van der Waals surface area contributed by atoms with E-state index in [9.17, 15) is 4.79 Å². The summed E-state index contributed by atoms with van der Waals surface area (Å²) in [5.74, 6) is 1.25. The van der Waals surface area contributed by atoms with E-state index in [0.29, 0.717) is 16.7 Å². The molecule has 29 heavy (non-hydrogen) atoms. The number of nitrogens with one attached hydrogen (secondary N) is 1. The van der Waals surface area contributed by atoms with Gasteiger partial charge in [0.15, 0.2) is 6.10 Å². The predicted molar refractivity (Wildman–Crippen MR) is 110 cm³/mol. The summed E-state index contributed by atoms with van der Waals surface area (Å²) in [5.41, 5.74) is 3.50. The molecule has 6 nitrogen and oxygen atoms in total. The largest absolute Gasteiger partial charge is 0.481 e. The maximum atomic E-state index is 12.4. The third-order valence-electron chi connectivity index (χ3n) is 4.99. The Morgan fingerprint density at radius 1 is 1.17 bits per heavy atom. The van der Waals surface area contributed by atoms with Crippen LogP contribution in [0.1, 0.15) is 36.8 Å². The highest BCUT2D eigenvalue weighted by Gasteiger charge is 2.17. The van der Waals surface area contributed by atoms with Gasteiger partial charge in [-0.2, -0.15) is 4.98 Å². The molecule has 0 saturated heterocycles. The van der Waals surface area contributed by atoms with Crippen LogP contribution >= 0.6 is 11.6 Å². The highest BCUT2D eigenvalue weighted by atomic mass is 35.5. The van der Waals surface area contributed by atoms with Gasteiger partial charge in [-0.3, -0.25) is 4.79 Å². The molecule has 7 heteroatoms. The van der Waals surface area contributed by atoms with E-state index in [1.165, 1.54) is 24.0 Å². The molecule has 1 aliphatic rings. The Balaban J connectivity index is 1.32. The van der Waals surface area contributed by atoms with Crippen molar-refractivity contribution >= 4 is 17.5 Å². The third-order valence-corrected chi connectivity index (χ3v) is 5.24. The zero-order valence-electron chi connectivity index (χ0n) is 16.2. The van der Waals surface area contributed by atoms with E-state index in [0.717, 1.165) is 24.2 Å². The molecule has 0 aliphatic heterocycles. The van der Waals surface area contributed by atoms with Gasteiger partial charge in [0.05, 0.1) is 6.54 Å². The average Bonchev–Trinajstić information content (AvgIpc) is 3.21. The number of benzene rings is 2. The number of carbonyl (C=O) groups excluding carboxylic acids is 1. The second-order valence-corrected chi connectivity index (χ2v) is 7.57. The standard InChI is InChI=1S/C22H22ClN3O3/c1-14(28-19-11-8-15-4-2-3-5-17(15)12-19)22(27)24-13-20-25-21(26-29-20)16-6-9-18(23)10-7-16/h6-12,14H,2-5,13H2,1H3,(H,24,27)/t14-/m0/s1. The van der Waals surface area contributed by atoms with Crippen molar-refractivity contribution in [3.05, 3.63) is 64.5 Å². The van der Waals surface area contributed by atoms with Gasteiger partial charge < -0.3 is 14.6 Å². The lowest BCUT2D eigenvalue weighted by Gasteiger charge is -2.19. The van der Waals surface area contributed by atoms with Gasteiger partial charge in [0.2, 0.25) is 11.7 Å². The second-order valence-electron chi connectivity index (χ2n) is 7.13. The number of hydrogen-bond donors (Lipinski definition) is 1. The number of halogens is 1. The van der Waals surface area contributed by atoms with Crippen molar-refractivity contribution in [1.82, 2.24) is 15.5 Å². The summed E-state index contributed by atoms with van der Waals surface area (Å²) in [6, 6.07) is 13.2. The fraction of sp³-hybridized carbons (Fsp3) is 0.318. The summed E-state index contributed by atoms with van der Waals surface area (Å²) in [4.78, 5) is 16.7. The second kappa shape index (κ2) is 8.66. The van der Waals surface area contributed by atoms with E-state index < -0.39 is 6.10 Å². The first-order valence-electron chi connectivity index (χ1n) is 9.73. The first-order valence-corrected chi connectivity index (χ1v) is 10.1. The van der Waals surface area contributed by atoms with Crippen LogP contribution in [0.25, 0.3) is 11.4 Å². The molecule has 0 spiro atoms. The Morgan fingerprint density at radius 2 is 1.93 bits per heavy atom. The van der Waals surface area contributed by atoms with Crippen LogP contribution < -0.4 is 10.1 Å². The lowest BCUT2D eigenvalue weighted by Crippen LogP contribution is -2.36. The molecule has 1 aliphatic carbocycles. The number of fused-ring (bicyclic) bond motifs is 1. The zero-order valence-corrected chi connectivity index (χ0v) is 16.9. The summed E-state index contributed by atoms with van der Waals surface area (Å²) in [5, 5.41) is 7.35. The van der Waals surface area contributed by atoms with Crippen molar-refractivity contribution in [1.29, 1.82) is 0 Å². The first-order chi connectivity index (χ1) is 14.1. The maximum absolute atomic E-state index is 12.4. The summed E-state index contributed by atoms with van der Waals surface area (Å²) in [6.45, 7) is 1.86. The van der Waals surface area contributed by atoms with E-state index in [1.54, 1.807) is 19.1 Å². The van der Waals surface area contributed by atoms with Crippen LogP contribution in [0.5, 0.6) is 5.75 Å². The van der Waals surface area contributed by atoms with Gasteiger partial charge in [0.1, 0.15) is 5.75 Å². The Labute approximate surface area is 174 Å². The van der Waals surface area contributed by atoms with Crippen molar-refractivity contribution in [3.8, 4) is 17.1 Å². The number of rotatable bonds is 6. The Hall–Kier alpha value is -2.86. The zero-order chi connectivity index (χ0) is 20.2. The highest BCUT2D eigenvalue weighted by Crippen LogP contribution is 2.26. The smallest absolute Gasteiger partial charge is 0.261 e. The van der Waals surface area contributed by atoms with Crippen molar-refractivity contribution in [2.24, 2.45) is 0 Å². The summed E-state index contributed by atoms with van der Waals surface area (Å²) in [6.07, 6.45) is 4.00. The van der Waals surface area contributed by atoms with Gasteiger partial charge in [0, 0.05) is 10.6 Å². The van der Waals surface area contributed by atoms with Crippen LogP contribution in [-0.2, 0) is 24.2 Å². The molecule has 150 valence electrons. The minimum Gasteiger partial charge on any atom is -0.481 e. The fourth-order valence-electron chi connectivity index (χ4n) is 3.39. The van der Waals surface area contributed by atoms with Crippen molar-refractivity contribution < 1.29 is 14.1 Å². The van der Waals surface area contributed by atoms with Crippen LogP contribution in [0.2, 0.25) is 5.02 Å². The van der Waals surface area contributed by atoms with Gasteiger partial charge in [0.25, 0.3) is 5.91 Å². The quantitative estimate of drug-likeness (QED) is 0.652. The van der Waals surface area contributed by atoms with E-state index in [2.05, 4.69) is 27.6 Å². The Bertz CT molecular complexity index is 1000. The lowest BCUT2D eigenvalue weighted by molar-refractivity contribution is -0.127. The molecular weight excluding hydrogens is 390 g/mol. The number of aromatic nitrogens is 2. The van der Waals surface area contributed by atoms with Gasteiger partial charge in [-0.1, -0.05) is 22.8 Å². The third kappa shape index (κ3) is 4.77. The van der Waals surface area contributed by atoms with Crippen molar-refractivity contribution in [2.75, 3.05) is 0 Å². The van der Waals surface area contributed by atoms with Crippen LogP contribution in [0.3, 0.4) is 0 Å². The van der Waals surface area contributed by atoms with Crippen molar-refractivity contribution in [2.45, 2.75) is 45.3 Å². The number of nitrogens with zero attached hydrogens (tertiary/aromatic N) is 2. The maximum Gasteiger partial charge on any atom is 0.261 e. The van der Waals surface area contributed by atoms with Gasteiger partial charge >= 0.3 is 0 Å². The molecule has 0 bridgehead atoms. The molecule has 1 N–H and O–H groups in total. The van der Waals surface area contributed by atoms with Gasteiger partial charge in [-0.15, -0.1) is 0 Å². The van der Waals surface area contributed by atoms with Crippen LogP contribution in [-0.4, -0.2) is 22.2 Å². The van der Waals surface area contributed by atoms with Crippen LogP contribution in [0.4, 0.5) is 0 Å². The van der Waals surface area contributed by atoms with E-state index >= 15 is 0 Å². The van der Waals surface area contributed by atoms with E-state index in [1.807, 2.05) is 18.2 Å². The molecule has 1 amide bonds. The van der Waals surface area contributed by atoms with E-state index in [4.69, 9.17) is 20.9 Å². The number of aryl methyl sites for hydroxylation is 2. The highest BCUT2D eigenvalue weighted by molar-refractivity contribution is 6.30. The molecule has 0 unspecified atom stereocenters. The Morgan fingerprint density at radius 3 is 2.72 bits per heavy atom.